The van der Waals surface area contributed by atoms with E-state index in [4.69, 9.17) is 25.5 Å². The van der Waals surface area contributed by atoms with Gasteiger partial charge in [-0.2, -0.15) is 8.42 Å². The van der Waals surface area contributed by atoms with Crippen molar-refractivity contribution in [3.8, 4) is 11.5 Å². The number of furan rings is 1. The molecule has 0 atom stereocenters. The first kappa shape index (κ1) is 22.8. The van der Waals surface area contributed by atoms with Gasteiger partial charge >= 0.3 is 0 Å². The van der Waals surface area contributed by atoms with Crippen molar-refractivity contribution in [1.82, 2.24) is 5.32 Å². The van der Waals surface area contributed by atoms with Crippen molar-refractivity contribution < 1.29 is 22.3 Å². The molecule has 1 aliphatic heterocycles. The molecule has 0 fully saturated rings. The van der Waals surface area contributed by atoms with Gasteiger partial charge in [0.25, 0.3) is 10.0 Å². The average Bonchev–Trinajstić information content (AvgIpc) is 3.20. The molecule has 2 aromatic carbocycles. The maximum absolute atomic E-state index is 13.2. The molecule has 32 heavy (non-hydrogen) atoms. The Morgan fingerprint density at radius 1 is 1.22 bits per heavy atom. The lowest BCUT2D eigenvalue weighted by Crippen LogP contribution is -2.24. The topological polar surface area (TPSA) is 89.8 Å². The number of hydrogen-bond donors (Lipinski definition) is 2. The van der Waals surface area contributed by atoms with E-state index in [1.807, 2.05) is 20.9 Å². The van der Waals surface area contributed by atoms with Crippen LogP contribution in [0.4, 0.5) is 5.69 Å². The van der Waals surface area contributed by atoms with Crippen molar-refractivity contribution >= 4 is 38.3 Å². The predicted molar refractivity (Wildman–Crippen MR) is 126 cm³/mol. The molecule has 1 aromatic heterocycles. The van der Waals surface area contributed by atoms with Crippen LogP contribution in [0.1, 0.15) is 31.4 Å². The first-order chi connectivity index (χ1) is 15.1. The summed E-state index contributed by atoms with van der Waals surface area (Å²) in [5.41, 5.74) is 1.87. The molecule has 0 aliphatic carbocycles. The predicted octanol–water partition coefficient (Wildman–Crippen LogP) is 4.90. The van der Waals surface area contributed by atoms with E-state index in [1.54, 1.807) is 37.3 Å². The number of fused-ring (bicyclic) bond motifs is 2. The Morgan fingerprint density at radius 3 is 2.75 bits per heavy atom. The minimum Gasteiger partial charge on any atom is -0.490 e. The van der Waals surface area contributed by atoms with Crippen molar-refractivity contribution in [2.45, 2.75) is 44.3 Å². The van der Waals surface area contributed by atoms with E-state index in [0.29, 0.717) is 51.8 Å². The van der Waals surface area contributed by atoms with Crippen LogP contribution in [0.5, 0.6) is 11.5 Å². The Balaban J connectivity index is 1.67. The summed E-state index contributed by atoms with van der Waals surface area (Å²) < 4.78 is 46.7. The quantitative estimate of drug-likeness (QED) is 0.448. The average molecular weight is 479 g/mol. The maximum Gasteiger partial charge on any atom is 0.295 e. The monoisotopic (exact) mass is 478 g/mol. The molecule has 1 aliphatic rings. The summed E-state index contributed by atoms with van der Waals surface area (Å²) in [5, 5.41) is 4.12. The van der Waals surface area contributed by atoms with Gasteiger partial charge in [0.1, 0.15) is 11.2 Å². The Kier molecular flexibility index (Phi) is 6.04. The Bertz CT molecular complexity index is 1270. The second-order valence-corrected chi connectivity index (χ2v) is 10.6. The fourth-order valence-corrected chi connectivity index (χ4v) is 5.31. The summed E-state index contributed by atoms with van der Waals surface area (Å²) in [6.07, 6.45) is 1.46. The van der Waals surface area contributed by atoms with Crippen molar-refractivity contribution in [2.24, 2.45) is 0 Å². The summed E-state index contributed by atoms with van der Waals surface area (Å²) in [7, 11) is -2.10. The van der Waals surface area contributed by atoms with Gasteiger partial charge < -0.3 is 19.2 Å². The van der Waals surface area contributed by atoms with E-state index >= 15 is 0 Å². The lowest BCUT2D eigenvalue weighted by Gasteiger charge is -2.18. The molecule has 0 radical (unpaired) electrons. The normalized spacial score (nSPS) is 14.9. The first-order valence-electron chi connectivity index (χ1n) is 10.4. The molecule has 2 N–H and O–H groups in total. The smallest absolute Gasteiger partial charge is 0.295 e. The minimum absolute atomic E-state index is 0.136. The summed E-state index contributed by atoms with van der Waals surface area (Å²) >= 11 is 6.06. The zero-order chi connectivity index (χ0) is 23.1. The van der Waals surface area contributed by atoms with E-state index in [-0.39, 0.29) is 5.09 Å². The van der Waals surface area contributed by atoms with Gasteiger partial charge in [0.2, 0.25) is 5.09 Å². The summed E-state index contributed by atoms with van der Waals surface area (Å²) in [6.45, 7) is 6.98. The van der Waals surface area contributed by atoms with Crippen LogP contribution in [0.25, 0.3) is 11.0 Å². The standard InChI is InChI=1S/C23H27ClN2O5S/c1-14-18-11-16(24)6-7-19(18)30-22(14)32(27,28)26-17-10-15-13-23(2,3)31-21(15)20(12-17)29-9-5-8-25-4/h6-7,10-12,25-26H,5,8-9,13H2,1-4H3. The third-order valence-corrected chi connectivity index (χ3v) is 6.92. The molecule has 0 unspecified atom stereocenters. The molecular weight excluding hydrogens is 452 g/mol. The number of nitrogens with one attached hydrogen (secondary N) is 2. The summed E-state index contributed by atoms with van der Waals surface area (Å²) in [6, 6.07) is 8.47. The molecule has 7 nitrogen and oxygen atoms in total. The van der Waals surface area contributed by atoms with Gasteiger partial charge in [0, 0.05) is 34.0 Å². The van der Waals surface area contributed by atoms with Crippen LogP contribution in [-0.2, 0) is 16.4 Å². The highest BCUT2D eigenvalue weighted by Gasteiger charge is 2.34. The molecule has 0 saturated carbocycles. The fourth-order valence-electron chi connectivity index (χ4n) is 3.90. The molecule has 0 amide bonds. The molecule has 2 heterocycles. The molecule has 4 rings (SSSR count). The highest BCUT2D eigenvalue weighted by Crippen LogP contribution is 2.44. The second-order valence-electron chi connectivity index (χ2n) is 8.57. The Hall–Kier alpha value is -2.42. The molecule has 3 aromatic rings. The van der Waals surface area contributed by atoms with E-state index in [9.17, 15) is 8.42 Å². The first-order valence-corrected chi connectivity index (χ1v) is 12.3. The number of ether oxygens (including phenoxy) is 2. The molecule has 172 valence electrons. The molecule has 9 heteroatoms. The zero-order valence-electron chi connectivity index (χ0n) is 18.5. The van der Waals surface area contributed by atoms with Gasteiger partial charge in [-0.05, 0) is 65.0 Å². The van der Waals surface area contributed by atoms with Gasteiger partial charge in [0.05, 0.1) is 12.3 Å². The van der Waals surface area contributed by atoms with Crippen LogP contribution in [0.3, 0.4) is 0 Å². The number of halogens is 1. The second kappa shape index (κ2) is 8.50. The fraction of sp³-hybridized carbons (Fsp3) is 0.391. The Morgan fingerprint density at radius 2 is 2.00 bits per heavy atom. The summed E-state index contributed by atoms with van der Waals surface area (Å²) in [5.74, 6) is 1.19. The van der Waals surface area contributed by atoms with E-state index in [2.05, 4.69) is 10.0 Å². The third kappa shape index (κ3) is 4.53. The van der Waals surface area contributed by atoms with Gasteiger partial charge in [-0.25, -0.2) is 0 Å². The van der Waals surface area contributed by atoms with Crippen LogP contribution in [0.2, 0.25) is 5.02 Å². The molecular formula is C23H27ClN2O5S. The van der Waals surface area contributed by atoms with Gasteiger partial charge in [-0.15, -0.1) is 0 Å². The van der Waals surface area contributed by atoms with Crippen molar-refractivity contribution in [2.75, 3.05) is 24.9 Å². The van der Waals surface area contributed by atoms with Gasteiger partial charge in [0.15, 0.2) is 11.5 Å². The number of hydrogen-bond acceptors (Lipinski definition) is 6. The van der Waals surface area contributed by atoms with E-state index in [0.717, 1.165) is 18.5 Å². The van der Waals surface area contributed by atoms with Crippen LogP contribution in [-0.4, -0.2) is 34.2 Å². The van der Waals surface area contributed by atoms with E-state index < -0.39 is 15.6 Å². The van der Waals surface area contributed by atoms with Crippen LogP contribution in [0, 0.1) is 6.92 Å². The van der Waals surface area contributed by atoms with Crippen LogP contribution < -0.4 is 19.5 Å². The lowest BCUT2D eigenvalue weighted by atomic mass is 10.0. The lowest BCUT2D eigenvalue weighted by molar-refractivity contribution is 0.132. The van der Waals surface area contributed by atoms with Crippen LogP contribution in [0.15, 0.2) is 39.8 Å². The highest BCUT2D eigenvalue weighted by atomic mass is 35.5. The highest BCUT2D eigenvalue weighted by molar-refractivity contribution is 7.92. The number of benzene rings is 2. The van der Waals surface area contributed by atoms with Gasteiger partial charge in [-0.3, -0.25) is 4.72 Å². The van der Waals surface area contributed by atoms with E-state index in [1.165, 1.54) is 0 Å². The van der Waals surface area contributed by atoms with Crippen molar-refractivity contribution in [3.63, 3.8) is 0 Å². The number of rotatable bonds is 8. The molecule has 0 spiro atoms. The largest absolute Gasteiger partial charge is 0.490 e. The number of anilines is 1. The molecule has 0 bridgehead atoms. The SMILES string of the molecule is CNCCCOc1cc(NS(=O)(=O)c2oc3ccc(Cl)cc3c2C)cc2c1OC(C)(C)C2. The zero-order valence-corrected chi connectivity index (χ0v) is 20.1. The Labute approximate surface area is 193 Å². The number of aryl methyl sites for hydroxylation is 1. The number of sulfonamides is 1. The van der Waals surface area contributed by atoms with Crippen LogP contribution >= 0.6 is 11.6 Å². The van der Waals surface area contributed by atoms with Gasteiger partial charge in [-0.1, -0.05) is 11.6 Å². The molecule has 0 saturated heterocycles. The van der Waals surface area contributed by atoms with Crippen molar-refractivity contribution in [1.29, 1.82) is 0 Å². The third-order valence-electron chi connectivity index (χ3n) is 5.31. The summed E-state index contributed by atoms with van der Waals surface area (Å²) in [4.78, 5) is 0. The van der Waals surface area contributed by atoms with Crippen molar-refractivity contribution in [3.05, 3.63) is 46.5 Å². The minimum atomic E-state index is -3.98. The maximum atomic E-state index is 13.2.